The van der Waals surface area contributed by atoms with Gasteiger partial charge in [-0.15, -0.1) is 0 Å². The average Bonchev–Trinajstić information content (AvgIpc) is 2.67. The molecule has 1 aliphatic rings. The number of hydrogen-bond donors (Lipinski definition) is 0. The SMILES string of the molecule is CC1CN(C(=O)c2cccc(-c3ccccc3)c2)CC(C)N1CCN(C)C. The summed E-state index contributed by atoms with van der Waals surface area (Å²) in [6, 6.07) is 19.0. The molecule has 0 aromatic heterocycles. The van der Waals surface area contributed by atoms with Crippen molar-refractivity contribution in [2.24, 2.45) is 0 Å². The normalized spacial score (nSPS) is 20.9. The van der Waals surface area contributed by atoms with E-state index in [0.29, 0.717) is 12.1 Å². The van der Waals surface area contributed by atoms with Crippen LogP contribution in [0.3, 0.4) is 0 Å². The van der Waals surface area contributed by atoms with Crippen molar-refractivity contribution in [1.29, 1.82) is 0 Å². The molecule has 0 bridgehead atoms. The third-order valence-corrected chi connectivity index (χ3v) is 5.41. The van der Waals surface area contributed by atoms with Crippen molar-refractivity contribution in [2.45, 2.75) is 25.9 Å². The van der Waals surface area contributed by atoms with Crippen LogP contribution in [0.2, 0.25) is 0 Å². The van der Waals surface area contributed by atoms with E-state index in [2.05, 4.69) is 55.9 Å². The summed E-state index contributed by atoms with van der Waals surface area (Å²) in [5.74, 6) is 0.138. The van der Waals surface area contributed by atoms with Gasteiger partial charge in [0.2, 0.25) is 0 Å². The van der Waals surface area contributed by atoms with E-state index >= 15 is 0 Å². The van der Waals surface area contributed by atoms with E-state index in [9.17, 15) is 4.79 Å². The lowest BCUT2D eigenvalue weighted by molar-refractivity contribution is 0.0283. The van der Waals surface area contributed by atoms with Gasteiger partial charge in [-0.3, -0.25) is 9.69 Å². The number of amides is 1. The lowest BCUT2D eigenvalue weighted by Crippen LogP contribution is -2.59. The summed E-state index contributed by atoms with van der Waals surface area (Å²) < 4.78 is 0. The molecule has 0 radical (unpaired) electrons. The van der Waals surface area contributed by atoms with E-state index in [1.807, 2.05) is 41.3 Å². The van der Waals surface area contributed by atoms with Crippen LogP contribution in [-0.2, 0) is 0 Å². The molecule has 0 aliphatic carbocycles. The molecule has 2 aromatic carbocycles. The number of piperazine rings is 1. The number of rotatable bonds is 5. The molecule has 1 saturated heterocycles. The van der Waals surface area contributed by atoms with Crippen molar-refractivity contribution in [1.82, 2.24) is 14.7 Å². The van der Waals surface area contributed by atoms with Crippen LogP contribution in [-0.4, -0.2) is 73.0 Å². The first-order valence-electron chi connectivity index (χ1n) is 9.81. The zero-order chi connectivity index (χ0) is 19.4. The minimum Gasteiger partial charge on any atom is -0.336 e. The van der Waals surface area contributed by atoms with E-state index in [-0.39, 0.29) is 5.91 Å². The molecule has 27 heavy (non-hydrogen) atoms. The molecule has 144 valence electrons. The van der Waals surface area contributed by atoms with Crippen molar-refractivity contribution in [3.63, 3.8) is 0 Å². The van der Waals surface area contributed by atoms with E-state index < -0.39 is 0 Å². The van der Waals surface area contributed by atoms with Crippen LogP contribution in [0, 0.1) is 0 Å². The number of likely N-dealkylation sites (N-methyl/N-ethyl adjacent to an activating group) is 1. The number of hydrogen-bond acceptors (Lipinski definition) is 3. The summed E-state index contributed by atoms with van der Waals surface area (Å²) in [6.45, 7) is 8.11. The summed E-state index contributed by atoms with van der Waals surface area (Å²) in [5, 5.41) is 0. The Balaban J connectivity index is 1.72. The van der Waals surface area contributed by atoms with E-state index in [0.717, 1.165) is 42.9 Å². The lowest BCUT2D eigenvalue weighted by atomic mass is 10.0. The van der Waals surface area contributed by atoms with Gasteiger partial charge in [0.05, 0.1) is 0 Å². The van der Waals surface area contributed by atoms with Crippen molar-refractivity contribution >= 4 is 5.91 Å². The maximum Gasteiger partial charge on any atom is 0.253 e. The largest absolute Gasteiger partial charge is 0.336 e. The Morgan fingerprint density at radius 1 is 0.963 bits per heavy atom. The fraction of sp³-hybridized carbons (Fsp3) is 0.435. The summed E-state index contributed by atoms with van der Waals surface area (Å²) in [4.78, 5) is 19.9. The number of nitrogens with zero attached hydrogens (tertiary/aromatic N) is 3. The van der Waals surface area contributed by atoms with E-state index in [1.165, 1.54) is 0 Å². The van der Waals surface area contributed by atoms with Crippen LogP contribution in [0.15, 0.2) is 54.6 Å². The van der Waals surface area contributed by atoms with Gasteiger partial charge in [0.1, 0.15) is 0 Å². The van der Waals surface area contributed by atoms with Gasteiger partial charge in [-0.1, -0.05) is 42.5 Å². The van der Waals surface area contributed by atoms with Crippen LogP contribution < -0.4 is 0 Å². The Morgan fingerprint density at radius 3 is 2.22 bits per heavy atom. The minimum absolute atomic E-state index is 0.138. The quantitative estimate of drug-likeness (QED) is 0.812. The molecule has 3 rings (SSSR count). The molecule has 2 aromatic rings. The third-order valence-electron chi connectivity index (χ3n) is 5.41. The van der Waals surface area contributed by atoms with Crippen LogP contribution in [0.4, 0.5) is 0 Å². The maximum atomic E-state index is 13.1. The molecule has 0 spiro atoms. The molecule has 1 amide bonds. The second kappa shape index (κ2) is 8.68. The molecular weight excluding hydrogens is 334 g/mol. The Morgan fingerprint density at radius 2 is 1.59 bits per heavy atom. The lowest BCUT2D eigenvalue weighted by Gasteiger charge is -2.44. The number of carbonyl (C=O) groups excluding carboxylic acids is 1. The first-order valence-corrected chi connectivity index (χ1v) is 9.81. The Kier molecular flexibility index (Phi) is 6.30. The molecule has 4 nitrogen and oxygen atoms in total. The summed E-state index contributed by atoms with van der Waals surface area (Å²) in [7, 11) is 4.21. The van der Waals surface area contributed by atoms with Gasteiger partial charge in [0, 0.05) is 43.8 Å². The first kappa shape index (κ1) is 19.6. The van der Waals surface area contributed by atoms with Gasteiger partial charge in [-0.25, -0.2) is 0 Å². The molecular formula is C23H31N3O. The van der Waals surface area contributed by atoms with Crippen LogP contribution >= 0.6 is 0 Å². The van der Waals surface area contributed by atoms with E-state index in [4.69, 9.17) is 0 Å². The fourth-order valence-corrected chi connectivity index (χ4v) is 3.92. The van der Waals surface area contributed by atoms with Gasteiger partial charge in [0.15, 0.2) is 0 Å². The standard InChI is InChI=1S/C23H31N3O/c1-18-16-25(17-19(2)26(18)14-13-24(3)4)23(27)22-12-8-11-21(15-22)20-9-6-5-7-10-20/h5-12,15,18-19H,13-14,16-17H2,1-4H3. The van der Waals surface area contributed by atoms with Crippen molar-refractivity contribution < 1.29 is 4.79 Å². The van der Waals surface area contributed by atoms with Crippen LogP contribution in [0.25, 0.3) is 11.1 Å². The predicted molar refractivity (Wildman–Crippen MR) is 112 cm³/mol. The molecule has 4 heteroatoms. The smallest absolute Gasteiger partial charge is 0.253 e. The van der Waals surface area contributed by atoms with Crippen LogP contribution in [0.5, 0.6) is 0 Å². The zero-order valence-corrected chi connectivity index (χ0v) is 16.9. The molecule has 1 fully saturated rings. The van der Waals surface area contributed by atoms with Crippen molar-refractivity contribution in [3.05, 3.63) is 60.2 Å². The van der Waals surface area contributed by atoms with Gasteiger partial charge in [-0.05, 0) is 51.2 Å². The van der Waals surface area contributed by atoms with Crippen molar-refractivity contribution in [2.75, 3.05) is 40.3 Å². The molecule has 2 unspecified atom stereocenters. The van der Waals surface area contributed by atoms with Gasteiger partial charge in [-0.2, -0.15) is 0 Å². The molecule has 2 atom stereocenters. The highest BCUT2D eigenvalue weighted by atomic mass is 16.2. The second-order valence-corrected chi connectivity index (χ2v) is 7.90. The highest BCUT2D eigenvalue weighted by Gasteiger charge is 2.31. The third kappa shape index (κ3) is 4.76. The summed E-state index contributed by atoms with van der Waals surface area (Å²) in [5.41, 5.74) is 3.01. The number of benzene rings is 2. The van der Waals surface area contributed by atoms with E-state index in [1.54, 1.807) is 0 Å². The first-order chi connectivity index (χ1) is 13.0. The summed E-state index contributed by atoms with van der Waals surface area (Å²) >= 11 is 0. The average molecular weight is 366 g/mol. The maximum absolute atomic E-state index is 13.1. The Hall–Kier alpha value is -2.17. The highest BCUT2D eigenvalue weighted by Crippen LogP contribution is 2.22. The predicted octanol–water partition coefficient (Wildman–Crippen LogP) is 3.45. The highest BCUT2D eigenvalue weighted by molar-refractivity contribution is 5.95. The Labute approximate surface area is 163 Å². The fourth-order valence-electron chi connectivity index (χ4n) is 3.92. The Bertz CT molecular complexity index is 747. The van der Waals surface area contributed by atoms with Gasteiger partial charge < -0.3 is 9.80 Å². The monoisotopic (exact) mass is 365 g/mol. The topological polar surface area (TPSA) is 26.8 Å². The van der Waals surface area contributed by atoms with Gasteiger partial charge in [0.25, 0.3) is 5.91 Å². The molecule has 1 heterocycles. The molecule has 1 aliphatic heterocycles. The summed E-state index contributed by atoms with van der Waals surface area (Å²) in [6.07, 6.45) is 0. The minimum atomic E-state index is 0.138. The number of carbonyl (C=O) groups is 1. The van der Waals surface area contributed by atoms with Gasteiger partial charge >= 0.3 is 0 Å². The molecule has 0 N–H and O–H groups in total. The van der Waals surface area contributed by atoms with Crippen molar-refractivity contribution in [3.8, 4) is 11.1 Å². The van der Waals surface area contributed by atoms with Crippen LogP contribution in [0.1, 0.15) is 24.2 Å². The second-order valence-electron chi connectivity index (χ2n) is 7.90. The molecule has 0 saturated carbocycles. The zero-order valence-electron chi connectivity index (χ0n) is 16.9.